The van der Waals surface area contributed by atoms with E-state index >= 15 is 0 Å². The van der Waals surface area contributed by atoms with E-state index in [4.69, 9.17) is 15.2 Å². The maximum absolute atomic E-state index is 13.6. The van der Waals surface area contributed by atoms with Crippen LogP contribution in [-0.2, 0) is 19.1 Å². The Labute approximate surface area is 197 Å². The van der Waals surface area contributed by atoms with Crippen molar-refractivity contribution in [2.45, 2.75) is 50.9 Å². The molecule has 0 spiro atoms. The van der Waals surface area contributed by atoms with E-state index in [1.165, 1.54) is 0 Å². The van der Waals surface area contributed by atoms with Crippen molar-refractivity contribution >= 4 is 11.8 Å². The highest BCUT2D eigenvalue weighted by Gasteiger charge is 2.51. The summed E-state index contributed by atoms with van der Waals surface area (Å²) in [5.41, 5.74) is 5.18. The largest absolute Gasteiger partial charge is 0.378 e. The number of allylic oxidation sites excluding steroid dienone is 2. The van der Waals surface area contributed by atoms with Crippen molar-refractivity contribution in [1.29, 1.82) is 0 Å². The van der Waals surface area contributed by atoms with Crippen LogP contribution in [0.5, 0.6) is 0 Å². The Morgan fingerprint density at radius 3 is 2.45 bits per heavy atom. The molecule has 4 aliphatic rings. The standard InChI is InChI=1S/C25H40N4O4/c1-3-33-21-6-4-5-11-25(21,24(26)31)19-9-14-28(15-10-19)22(18-7-12-27-13-8-18)23(30)29-16-20(17-29)32-2/h4-6,11,18-22,27H,3,7-10,12-17H2,1-2H3,(H2,26,31). The van der Waals surface area contributed by atoms with E-state index < -0.39 is 5.41 Å². The van der Waals surface area contributed by atoms with E-state index in [1.807, 2.05) is 36.1 Å². The molecule has 33 heavy (non-hydrogen) atoms. The molecular formula is C25H40N4O4. The first-order valence-electron chi connectivity index (χ1n) is 12.5. The number of hydrogen-bond donors (Lipinski definition) is 2. The first-order chi connectivity index (χ1) is 16.0. The minimum Gasteiger partial charge on any atom is -0.378 e. The van der Waals surface area contributed by atoms with Crippen LogP contribution in [0.2, 0.25) is 0 Å². The fourth-order valence-corrected chi connectivity index (χ4v) is 6.22. The van der Waals surface area contributed by atoms with Gasteiger partial charge in [0.15, 0.2) is 0 Å². The molecule has 3 aliphatic heterocycles. The van der Waals surface area contributed by atoms with Gasteiger partial charge in [-0.15, -0.1) is 0 Å². The minimum absolute atomic E-state index is 0.0923. The van der Waals surface area contributed by atoms with Crippen LogP contribution in [-0.4, -0.2) is 92.8 Å². The number of carbonyl (C=O) groups excluding carboxylic acids is 2. The highest BCUT2D eigenvalue weighted by molar-refractivity contribution is 5.85. The summed E-state index contributed by atoms with van der Waals surface area (Å²) in [4.78, 5) is 30.7. The van der Waals surface area contributed by atoms with Crippen molar-refractivity contribution in [1.82, 2.24) is 15.1 Å². The third-order valence-corrected chi connectivity index (χ3v) is 8.19. The highest BCUT2D eigenvalue weighted by Crippen LogP contribution is 2.44. The van der Waals surface area contributed by atoms with Gasteiger partial charge in [-0.25, -0.2) is 0 Å². The van der Waals surface area contributed by atoms with Gasteiger partial charge in [0.1, 0.15) is 0 Å². The van der Waals surface area contributed by atoms with Crippen LogP contribution in [0, 0.1) is 17.3 Å². The molecule has 184 valence electrons. The molecule has 2 amide bonds. The number of amides is 2. The second kappa shape index (κ2) is 10.7. The summed E-state index contributed by atoms with van der Waals surface area (Å²) in [6.45, 7) is 7.35. The Morgan fingerprint density at radius 2 is 1.85 bits per heavy atom. The minimum atomic E-state index is -0.825. The Morgan fingerprint density at radius 1 is 1.15 bits per heavy atom. The van der Waals surface area contributed by atoms with Crippen LogP contribution in [0.3, 0.4) is 0 Å². The molecule has 8 heteroatoms. The van der Waals surface area contributed by atoms with Crippen molar-refractivity contribution in [3.8, 4) is 0 Å². The molecular weight excluding hydrogens is 420 g/mol. The van der Waals surface area contributed by atoms with Crippen molar-refractivity contribution < 1.29 is 19.1 Å². The van der Waals surface area contributed by atoms with Crippen LogP contribution in [0.1, 0.15) is 32.6 Å². The van der Waals surface area contributed by atoms with Crippen LogP contribution in [0.25, 0.3) is 0 Å². The maximum atomic E-state index is 13.6. The normalized spacial score (nSPS) is 30.8. The third kappa shape index (κ3) is 4.76. The highest BCUT2D eigenvalue weighted by atomic mass is 16.5. The van der Waals surface area contributed by atoms with E-state index in [2.05, 4.69) is 10.2 Å². The molecule has 3 N–H and O–H groups in total. The van der Waals surface area contributed by atoms with Gasteiger partial charge in [0.2, 0.25) is 11.8 Å². The number of hydrogen-bond acceptors (Lipinski definition) is 6. The van der Waals surface area contributed by atoms with Crippen molar-refractivity contribution in [3.05, 3.63) is 24.3 Å². The topological polar surface area (TPSA) is 97.1 Å². The lowest BCUT2D eigenvalue weighted by Gasteiger charge is -2.49. The number of carbonyl (C=O) groups is 2. The van der Waals surface area contributed by atoms with Gasteiger partial charge in [-0.3, -0.25) is 14.5 Å². The average Bonchev–Trinajstić information content (AvgIpc) is 2.80. The number of rotatable bonds is 8. The van der Waals surface area contributed by atoms with E-state index in [-0.39, 0.29) is 36.0 Å². The number of methoxy groups -OCH3 is 1. The molecule has 3 unspecified atom stereocenters. The molecule has 8 nitrogen and oxygen atoms in total. The number of nitrogens with one attached hydrogen (secondary N) is 1. The molecule has 1 aliphatic carbocycles. The Hall–Kier alpha value is -1.74. The van der Waals surface area contributed by atoms with Gasteiger partial charge >= 0.3 is 0 Å². The quantitative estimate of drug-likeness (QED) is 0.559. The lowest BCUT2D eigenvalue weighted by molar-refractivity contribution is -0.153. The predicted molar refractivity (Wildman–Crippen MR) is 126 cm³/mol. The molecule has 3 saturated heterocycles. The van der Waals surface area contributed by atoms with E-state index in [0.717, 1.165) is 51.9 Å². The van der Waals surface area contributed by atoms with E-state index in [0.29, 0.717) is 25.6 Å². The number of primary amides is 1. The monoisotopic (exact) mass is 460 g/mol. The van der Waals surface area contributed by atoms with Crippen LogP contribution in [0.15, 0.2) is 24.3 Å². The molecule has 0 saturated carbocycles. The third-order valence-electron chi connectivity index (χ3n) is 8.19. The van der Waals surface area contributed by atoms with Gasteiger partial charge in [-0.05, 0) is 70.6 Å². The van der Waals surface area contributed by atoms with Gasteiger partial charge in [-0.2, -0.15) is 0 Å². The summed E-state index contributed by atoms with van der Waals surface area (Å²) in [6, 6.07) is -0.0973. The van der Waals surface area contributed by atoms with Gasteiger partial charge in [-0.1, -0.05) is 24.3 Å². The molecule has 4 rings (SSSR count). The second-order valence-electron chi connectivity index (χ2n) is 9.86. The Bertz CT molecular complexity index is 752. The summed E-state index contributed by atoms with van der Waals surface area (Å²) in [5.74, 6) is 0.369. The predicted octanol–water partition coefficient (Wildman–Crippen LogP) is 0.927. The summed E-state index contributed by atoms with van der Waals surface area (Å²) in [6.07, 6.45) is 11.3. The summed E-state index contributed by atoms with van der Waals surface area (Å²) >= 11 is 0. The SMILES string of the molecule is CCOC1C=CC=CC1(C(N)=O)C1CCN(C(C(=O)N2CC(OC)C2)C2CCNCC2)CC1. The zero-order valence-electron chi connectivity index (χ0n) is 20.1. The first kappa shape index (κ1) is 24.4. The molecule has 3 atom stereocenters. The number of nitrogens with zero attached hydrogens (tertiary/aromatic N) is 2. The lowest BCUT2D eigenvalue weighted by atomic mass is 9.65. The summed E-state index contributed by atoms with van der Waals surface area (Å²) in [7, 11) is 1.71. The Balaban J connectivity index is 1.48. The number of nitrogens with two attached hydrogens (primary N) is 1. The fourth-order valence-electron chi connectivity index (χ4n) is 6.22. The number of likely N-dealkylation sites (tertiary alicyclic amines) is 2. The lowest BCUT2D eigenvalue weighted by Crippen LogP contribution is -2.63. The molecule has 0 radical (unpaired) electrons. The molecule has 3 heterocycles. The van der Waals surface area contributed by atoms with Gasteiger partial charge in [0.25, 0.3) is 0 Å². The van der Waals surface area contributed by atoms with Crippen molar-refractivity contribution in [2.24, 2.45) is 23.0 Å². The fraction of sp³-hybridized carbons (Fsp3) is 0.760. The molecule has 0 aromatic rings. The van der Waals surface area contributed by atoms with Crippen LogP contribution in [0.4, 0.5) is 0 Å². The van der Waals surface area contributed by atoms with Crippen molar-refractivity contribution in [3.63, 3.8) is 0 Å². The van der Waals surface area contributed by atoms with Crippen LogP contribution >= 0.6 is 0 Å². The zero-order valence-corrected chi connectivity index (χ0v) is 20.1. The second-order valence-corrected chi connectivity index (χ2v) is 9.86. The number of ether oxygens (including phenoxy) is 2. The molecule has 0 aromatic heterocycles. The average molecular weight is 461 g/mol. The van der Waals surface area contributed by atoms with Gasteiger partial charge in [0.05, 0.1) is 23.7 Å². The molecule has 3 fully saturated rings. The summed E-state index contributed by atoms with van der Waals surface area (Å²) < 4.78 is 11.4. The van der Waals surface area contributed by atoms with Crippen molar-refractivity contribution in [2.75, 3.05) is 53.0 Å². The Kier molecular flexibility index (Phi) is 7.89. The van der Waals surface area contributed by atoms with E-state index in [9.17, 15) is 9.59 Å². The van der Waals surface area contributed by atoms with Gasteiger partial charge < -0.3 is 25.4 Å². The molecule has 0 aromatic carbocycles. The van der Waals surface area contributed by atoms with Crippen LogP contribution < -0.4 is 11.1 Å². The smallest absolute Gasteiger partial charge is 0.240 e. The number of piperidine rings is 2. The maximum Gasteiger partial charge on any atom is 0.240 e. The summed E-state index contributed by atoms with van der Waals surface area (Å²) in [5, 5.41) is 3.43. The molecule has 0 bridgehead atoms. The zero-order chi connectivity index (χ0) is 23.4. The van der Waals surface area contributed by atoms with Gasteiger partial charge in [0, 0.05) is 26.8 Å². The van der Waals surface area contributed by atoms with E-state index in [1.54, 1.807) is 7.11 Å². The first-order valence-corrected chi connectivity index (χ1v) is 12.5.